The molecule has 0 spiro atoms. The van der Waals surface area contributed by atoms with Gasteiger partial charge in [-0.3, -0.25) is 14.4 Å². The molecule has 1 amide bonds. The number of aromatic nitrogens is 1. The fraction of sp³-hybridized carbons (Fsp3) is 0.250. The molecule has 10 heteroatoms. The Hall–Kier alpha value is -4.02. The Morgan fingerprint density at radius 3 is 2.63 bits per heavy atom. The third kappa shape index (κ3) is 5.46. The number of hydrogen-bond donors (Lipinski definition) is 2. The van der Waals surface area contributed by atoms with Gasteiger partial charge in [-0.15, -0.1) is 11.3 Å². The van der Waals surface area contributed by atoms with Gasteiger partial charge in [-0.05, 0) is 38.1 Å². The first-order valence-corrected chi connectivity index (χ1v) is 12.8. The standard InChI is InChI=1S/C28H27FN2O6S/c1-16(2)31-13-19(21-15-38-27-18(21)5-4-6-22(27)29)26(34)20(14-31)23(33)12-30-28(35)17-7-8-24(37-10-9-32)25(11-17)36-3/h4-8,11,13-16,32H,9-10,12H2,1-3H3,(H,30,35). The zero-order valence-electron chi connectivity index (χ0n) is 21.1. The van der Waals surface area contributed by atoms with Gasteiger partial charge in [0.25, 0.3) is 5.91 Å². The normalized spacial score (nSPS) is 11.1. The van der Waals surface area contributed by atoms with E-state index in [0.29, 0.717) is 27.1 Å². The van der Waals surface area contributed by atoms with Crippen molar-refractivity contribution >= 4 is 33.1 Å². The zero-order chi connectivity index (χ0) is 27.4. The Kier molecular flexibility index (Phi) is 8.23. The van der Waals surface area contributed by atoms with Crippen molar-refractivity contribution in [3.8, 4) is 22.6 Å². The van der Waals surface area contributed by atoms with E-state index in [1.54, 1.807) is 28.3 Å². The highest BCUT2D eigenvalue weighted by Crippen LogP contribution is 2.34. The Balaban J connectivity index is 1.61. The summed E-state index contributed by atoms with van der Waals surface area (Å²) in [6.07, 6.45) is 3.15. The number of ether oxygens (including phenoxy) is 2. The van der Waals surface area contributed by atoms with Crippen molar-refractivity contribution in [1.29, 1.82) is 0 Å². The predicted octanol–water partition coefficient (Wildman–Crippen LogP) is 4.44. The van der Waals surface area contributed by atoms with Crippen LogP contribution >= 0.6 is 11.3 Å². The molecule has 4 rings (SSSR count). The van der Waals surface area contributed by atoms with Crippen LogP contribution < -0.4 is 20.2 Å². The maximum atomic E-state index is 14.3. The average Bonchev–Trinajstić information content (AvgIpc) is 3.35. The molecule has 0 fully saturated rings. The minimum atomic E-state index is -0.555. The lowest BCUT2D eigenvalue weighted by atomic mass is 10.0. The van der Waals surface area contributed by atoms with Crippen molar-refractivity contribution < 1.29 is 28.6 Å². The molecule has 0 unspecified atom stereocenters. The number of ketones is 1. The Bertz CT molecular complexity index is 1560. The van der Waals surface area contributed by atoms with Crippen LogP contribution in [-0.4, -0.2) is 48.2 Å². The number of methoxy groups -OCH3 is 1. The molecule has 0 saturated heterocycles. The molecule has 8 nitrogen and oxygen atoms in total. The van der Waals surface area contributed by atoms with Gasteiger partial charge in [0.2, 0.25) is 0 Å². The minimum Gasteiger partial charge on any atom is -0.493 e. The summed E-state index contributed by atoms with van der Waals surface area (Å²) in [6, 6.07) is 9.12. The highest BCUT2D eigenvalue weighted by atomic mass is 32.1. The van der Waals surface area contributed by atoms with Gasteiger partial charge in [0.15, 0.2) is 22.7 Å². The predicted molar refractivity (Wildman–Crippen MR) is 144 cm³/mol. The highest BCUT2D eigenvalue weighted by molar-refractivity contribution is 7.17. The first kappa shape index (κ1) is 27.0. The van der Waals surface area contributed by atoms with Crippen LogP contribution in [0.25, 0.3) is 21.2 Å². The molecule has 2 N–H and O–H groups in total. The SMILES string of the molecule is COc1cc(C(=O)NCC(=O)c2cn(C(C)C)cc(-c3csc4c(F)cccc34)c2=O)ccc1OCCO. The number of halogens is 1. The van der Waals surface area contributed by atoms with Crippen molar-refractivity contribution in [3.63, 3.8) is 0 Å². The van der Waals surface area contributed by atoms with E-state index >= 15 is 0 Å². The van der Waals surface area contributed by atoms with Crippen molar-refractivity contribution in [2.24, 2.45) is 0 Å². The molecular weight excluding hydrogens is 511 g/mol. The number of hydrogen-bond acceptors (Lipinski definition) is 7. The molecule has 0 aliphatic rings. The Morgan fingerprint density at radius 2 is 1.92 bits per heavy atom. The lowest BCUT2D eigenvalue weighted by Crippen LogP contribution is -2.32. The number of carbonyl (C=O) groups excluding carboxylic acids is 2. The molecule has 0 atom stereocenters. The van der Waals surface area contributed by atoms with E-state index in [2.05, 4.69) is 5.32 Å². The van der Waals surface area contributed by atoms with E-state index in [4.69, 9.17) is 14.6 Å². The van der Waals surface area contributed by atoms with Crippen LogP contribution in [0.4, 0.5) is 4.39 Å². The summed E-state index contributed by atoms with van der Waals surface area (Å²) in [5.74, 6) is -0.807. The largest absolute Gasteiger partial charge is 0.493 e. The smallest absolute Gasteiger partial charge is 0.251 e. The van der Waals surface area contributed by atoms with Crippen molar-refractivity contribution in [2.75, 3.05) is 26.9 Å². The second-order valence-electron chi connectivity index (χ2n) is 8.77. The molecule has 0 bridgehead atoms. The summed E-state index contributed by atoms with van der Waals surface area (Å²) in [5, 5.41) is 13.8. The highest BCUT2D eigenvalue weighted by Gasteiger charge is 2.21. The molecule has 0 saturated carbocycles. The number of fused-ring (bicyclic) bond motifs is 1. The lowest BCUT2D eigenvalue weighted by molar-refractivity contribution is 0.0903. The zero-order valence-corrected chi connectivity index (χ0v) is 21.9. The summed E-state index contributed by atoms with van der Waals surface area (Å²) in [5.41, 5.74) is 0.509. The maximum Gasteiger partial charge on any atom is 0.251 e. The first-order chi connectivity index (χ1) is 18.2. The van der Waals surface area contributed by atoms with Crippen LogP contribution in [0.2, 0.25) is 0 Å². The number of benzene rings is 2. The molecule has 2 aromatic heterocycles. The van der Waals surface area contributed by atoms with E-state index in [1.807, 2.05) is 13.8 Å². The third-order valence-electron chi connectivity index (χ3n) is 5.97. The van der Waals surface area contributed by atoms with Crippen LogP contribution in [0.15, 0.2) is 59.0 Å². The van der Waals surface area contributed by atoms with E-state index in [1.165, 1.54) is 48.9 Å². The summed E-state index contributed by atoms with van der Waals surface area (Å²) in [4.78, 5) is 39.4. The summed E-state index contributed by atoms with van der Waals surface area (Å²) < 4.78 is 27.1. The Labute approximate surface area is 222 Å². The van der Waals surface area contributed by atoms with E-state index < -0.39 is 23.7 Å². The number of nitrogens with zero attached hydrogens (tertiary/aromatic N) is 1. The van der Waals surface area contributed by atoms with Gasteiger partial charge < -0.3 is 24.5 Å². The average molecular weight is 539 g/mol. The molecular formula is C28H27FN2O6S. The van der Waals surface area contributed by atoms with Gasteiger partial charge in [0.1, 0.15) is 12.4 Å². The van der Waals surface area contributed by atoms with Gasteiger partial charge in [-0.1, -0.05) is 12.1 Å². The number of rotatable bonds is 10. The van der Waals surface area contributed by atoms with Gasteiger partial charge in [-0.2, -0.15) is 0 Å². The van der Waals surface area contributed by atoms with Crippen LogP contribution in [-0.2, 0) is 0 Å². The topological polar surface area (TPSA) is 107 Å². The lowest BCUT2D eigenvalue weighted by Gasteiger charge is -2.15. The van der Waals surface area contributed by atoms with Crippen LogP contribution in [0.3, 0.4) is 0 Å². The van der Waals surface area contributed by atoms with E-state index in [0.717, 1.165) is 0 Å². The second-order valence-corrected chi connectivity index (χ2v) is 9.64. The van der Waals surface area contributed by atoms with Crippen LogP contribution in [0.5, 0.6) is 11.5 Å². The fourth-order valence-corrected chi connectivity index (χ4v) is 4.93. The van der Waals surface area contributed by atoms with Crippen molar-refractivity contribution in [1.82, 2.24) is 9.88 Å². The van der Waals surface area contributed by atoms with Crippen molar-refractivity contribution in [3.05, 3.63) is 81.3 Å². The molecule has 4 aromatic rings. The Morgan fingerprint density at radius 1 is 1.13 bits per heavy atom. The molecule has 38 heavy (non-hydrogen) atoms. The number of aliphatic hydroxyl groups is 1. The summed E-state index contributed by atoms with van der Waals surface area (Å²) in [6.45, 7) is 3.32. The third-order valence-corrected chi connectivity index (χ3v) is 6.97. The number of nitrogens with one attached hydrogen (secondary N) is 1. The maximum absolute atomic E-state index is 14.3. The minimum absolute atomic E-state index is 0.0591. The first-order valence-electron chi connectivity index (χ1n) is 11.9. The molecule has 0 aliphatic heterocycles. The monoisotopic (exact) mass is 538 g/mol. The number of thiophene rings is 1. The van der Waals surface area contributed by atoms with Gasteiger partial charge in [0.05, 0.1) is 30.5 Å². The quantitative estimate of drug-likeness (QED) is 0.289. The fourth-order valence-electron chi connectivity index (χ4n) is 3.96. The molecule has 0 aliphatic carbocycles. The van der Waals surface area contributed by atoms with Crippen LogP contribution in [0, 0.1) is 5.82 Å². The molecule has 2 heterocycles. The van der Waals surface area contributed by atoms with E-state index in [-0.39, 0.29) is 41.8 Å². The van der Waals surface area contributed by atoms with Crippen LogP contribution in [0.1, 0.15) is 40.6 Å². The number of pyridine rings is 1. The molecule has 0 radical (unpaired) electrons. The van der Waals surface area contributed by atoms with Gasteiger partial charge in [0, 0.05) is 45.9 Å². The van der Waals surface area contributed by atoms with Gasteiger partial charge in [-0.25, -0.2) is 4.39 Å². The van der Waals surface area contributed by atoms with Gasteiger partial charge >= 0.3 is 0 Å². The van der Waals surface area contributed by atoms with E-state index in [9.17, 15) is 18.8 Å². The number of carbonyl (C=O) groups is 2. The number of Topliss-reactive ketones (excluding diaryl/α,β-unsaturated/α-hetero) is 1. The molecule has 198 valence electrons. The second kappa shape index (κ2) is 11.6. The molecule has 2 aromatic carbocycles. The number of aliphatic hydroxyl groups excluding tert-OH is 1. The summed E-state index contributed by atoms with van der Waals surface area (Å²) in [7, 11) is 1.42. The number of amides is 1. The van der Waals surface area contributed by atoms with Crippen molar-refractivity contribution in [2.45, 2.75) is 19.9 Å². The summed E-state index contributed by atoms with van der Waals surface area (Å²) >= 11 is 1.20.